The first-order chi connectivity index (χ1) is 8.52. The maximum Gasteiger partial charge on any atom is 0.390 e. The summed E-state index contributed by atoms with van der Waals surface area (Å²) in [5.41, 5.74) is 0.707. The van der Waals surface area contributed by atoms with Crippen LogP contribution in [0.1, 0.15) is 18.4 Å². The third-order valence-electron chi connectivity index (χ3n) is 2.60. The Hall–Kier alpha value is -2.03. The summed E-state index contributed by atoms with van der Waals surface area (Å²) in [6.07, 6.45) is 0. The first-order valence-corrected chi connectivity index (χ1v) is 5.76. The van der Waals surface area contributed by atoms with Gasteiger partial charge in [-0.2, -0.15) is 9.78 Å². The van der Waals surface area contributed by atoms with Crippen LogP contribution in [-0.4, -0.2) is 29.5 Å². The highest BCUT2D eigenvalue weighted by atomic mass is 32.1. The van der Waals surface area contributed by atoms with E-state index < -0.39 is 4.92 Å². The van der Waals surface area contributed by atoms with Crippen LogP contribution in [0.15, 0.2) is 6.07 Å². The van der Waals surface area contributed by atoms with E-state index in [-0.39, 0.29) is 5.82 Å². The summed E-state index contributed by atoms with van der Waals surface area (Å²) in [7, 11) is 0. The van der Waals surface area contributed by atoms with Crippen LogP contribution < -0.4 is 0 Å². The molecule has 1 N–H and O–H groups in total. The number of hydrogen-bond acceptors (Lipinski definition) is 5. The largest absolute Gasteiger partial charge is 0.390 e. The Morgan fingerprint density at radius 1 is 1.61 bits per heavy atom. The van der Waals surface area contributed by atoms with Crippen LogP contribution in [0.25, 0.3) is 0 Å². The van der Waals surface area contributed by atoms with E-state index in [1.165, 1.54) is 10.7 Å². The minimum absolute atomic E-state index is 0.162. The van der Waals surface area contributed by atoms with Crippen molar-refractivity contribution in [1.29, 1.82) is 0 Å². The van der Waals surface area contributed by atoms with Gasteiger partial charge in [0, 0.05) is 6.54 Å². The van der Waals surface area contributed by atoms with Gasteiger partial charge in [0.15, 0.2) is 10.6 Å². The second-order valence-electron chi connectivity index (χ2n) is 3.75. The Bertz CT molecular complexity index is 640. The molecule has 0 aliphatic heterocycles. The van der Waals surface area contributed by atoms with Crippen molar-refractivity contribution < 1.29 is 4.92 Å². The summed E-state index contributed by atoms with van der Waals surface area (Å²) in [5, 5.41) is 21.3. The second kappa shape index (κ2) is 4.69. The van der Waals surface area contributed by atoms with Crippen LogP contribution in [0.5, 0.6) is 0 Å². The lowest BCUT2D eigenvalue weighted by atomic mass is 10.4. The predicted molar refractivity (Wildman–Crippen MR) is 65.8 cm³/mol. The fourth-order valence-electron chi connectivity index (χ4n) is 1.67. The third kappa shape index (κ3) is 2.16. The molecule has 0 saturated heterocycles. The zero-order valence-corrected chi connectivity index (χ0v) is 10.8. The maximum absolute atomic E-state index is 10.6. The molecular formula is C9H12N6O2S. The number of nitrogens with one attached hydrogen (secondary N) is 1. The molecule has 2 rings (SSSR count). The molecule has 0 unspecified atom stereocenters. The van der Waals surface area contributed by atoms with E-state index in [1.807, 2.05) is 11.5 Å². The predicted octanol–water partition coefficient (Wildman–Crippen LogP) is 1.42. The minimum atomic E-state index is -0.513. The van der Waals surface area contributed by atoms with Gasteiger partial charge in [0.1, 0.15) is 6.54 Å². The third-order valence-corrected chi connectivity index (χ3v) is 2.91. The second-order valence-corrected chi connectivity index (χ2v) is 4.13. The van der Waals surface area contributed by atoms with Crippen LogP contribution in [0.4, 0.5) is 5.82 Å². The Morgan fingerprint density at radius 2 is 2.33 bits per heavy atom. The Kier molecular flexibility index (Phi) is 3.24. The van der Waals surface area contributed by atoms with Gasteiger partial charge in [0.2, 0.25) is 0 Å². The van der Waals surface area contributed by atoms with Gasteiger partial charge in [0.05, 0.1) is 16.9 Å². The highest BCUT2D eigenvalue weighted by molar-refractivity contribution is 7.71. The van der Waals surface area contributed by atoms with Gasteiger partial charge >= 0.3 is 5.82 Å². The minimum Gasteiger partial charge on any atom is -0.358 e. The summed E-state index contributed by atoms with van der Waals surface area (Å²) in [6, 6.07) is 1.43. The molecule has 0 radical (unpaired) electrons. The van der Waals surface area contributed by atoms with E-state index in [9.17, 15) is 10.1 Å². The van der Waals surface area contributed by atoms with Crippen molar-refractivity contribution in [2.45, 2.75) is 26.9 Å². The van der Waals surface area contributed by atoms with Crippen molar-refractivity contribution >= 4 is 18.0 Å². The molecule has 9 heteroatoms. The monoisotopic (exact) mass is 268 g/mol. The van der Waals surface area contributed by atoms with Gasteiger partial charge < -0.3 is 14.7 Å². The molecule has 0 amide bonds. The number of rotatable bonds is 4. The molecule has 0 bridgehead atoms. The molecule has 0 aromatic carbocycles. The van der Waals surface area contributed by atoms with Crippen molar-refractivity contribution in [2.75, 3.05) is 0 Å². The van der Waals surface area contributed by atoms with E-state index in [2.05, 4.69) is 15.3 Å². The van der Waals surface area contributed by atoms with Gasteiger partial charge in [-0.05, 0) is 31.0 Å². The van der Waals surface area contributed by atoms with Gasteiger partial charge in [-0.3, -0.25) is 5.10 Å². The lowest BCUT2D eigenvalue weighted by Crippen LogP contribution is -2.10. The summed E-state index contributed by atoms with van der Waals surface area (Å²) in [6.45, 7) is 4.75. The first-order valence-electron chi connectivity index (χ1n) is 5.35. The molecule has 2 aromatic heterocycles. The summed E-state index contributed by atoms with van der Waals surface area (Å²) in [5.74, 6) is 0.535. The molecule has 0 spiro atoms. The van der Waals surface area contributed by atoms with Crippen LogP contribution in [0.3, 0.4) is 0 Å². The average molecular weight is 268 g/mol. The zero-order valence-electron chi connectivity index (χ0n) is 9.95. The molecule has 0 aliphatic carbocycles. The number of nitrogens with zero attached hydrogens (tertiary/aromatic N) is 5. The molecule has 2 aromatic rings. The molecule has 96 valence electrons. The first kappa shape index (κ1) is 12.4. The van der Waals surface area contributed by atoms with Gasteiger partial charge in [-0.1, -0.05) is 0 Å². The molecule has 8 nitrogen and oxygen atoms in total. The van der Waals surface area contributed by atoms with Crippen molar-refractivity contribution in [3.8, 4) is 0 Å². The fourth-order valence-corrected chi connectivity index (χ4v) is 1.95. The smallest absolute Gasteiger partial charge is 0.358 e. The summed E-state index contributed by atoms with van der Waals surface area (Å²) < 4.78 is 3.89. The number of nitro groups is 1. The highest BCUT2D eigenvalue weighted by Crippen LogP contribution is 2.12. The number of H-pyrrole nitrogens is 1. The van der Waals surface area contributed by atoms with Crippen molar-refractivity contribution in [2.24, 2.45) is 0 Å². The molecule has 0 aliphatic rings. The Balaban J connectivity index is 2.34. The van der Waals surface area contributed by atoms with Crippen molar-refractivity contribution in [3.63, 3.8) is 0 Å². The van der Waals surface area contributed by atoms with Crippen LogP contribution >= 0.6 is 12.2 Å². The van der Waals surface area contributed by atoms with E-state index in [1.54, 1.807) is 6.92 Å². The highest BCUT2D eigenvalue weighted by Gasteiger charge is 2.17. The number of aryl methyl sites for hydroxylation is 1. The molecule has 0 fully saturated rings. The normalized spacial score (nSPS) is 10.8. The summed E-state index contributed by atoms with van der Waals surface area (Å²) >= 11 is 5.07. The average Bonchev–Trinajstić information content (AvgIpc) is 2.84. The van der Waals surface area contributed by atoms with E-state index >= 15 is 0 Å². The van der Waals surface area contributed by atoms with Gasteiger partial charge in [-0.15, -0.1) is 0 Å². The molecule has 18 heavy (non-hydrogen) atoms. The number of aromatic nitrogens is 5. The molecule has 0 saturated carbocycles. The Morgan fingerprint density at radius 3 is 2.89 bits per heavy atom. The lowest BCUT2D eigenvalue weighted by Gasteiger charge is -2.02. The van der Waals surface area contributed by atoms with Crippen LogP contribution in [0, 0.1) is 21.8 Å². The molecule has 2 heterocycles. The van der Waals surface area contributed by atoms with Crippen LogP contribution in [0.2, 0.25) is 0 Å². The lowest BCUT2D eigenvalue weighted by molar-refractivity contribution is -0.389. The zero-order chi connectivity index (χ0) is 13.3. The van der Waals surface area contributed by atoms with Gasteiger partial charge in [0.25, 0.3) is 0 Å². The van der Waals surface area contributed by atoms with Crippen LogP contribution in [-0.2, 0) is 13.1 Å². The van der Waals surface area contributed by atoms with E-state index in [0.29, 0.717) is 29.4 Å². The molecular weight excluding hydrogens is 256 g/mol. The van der Waals surface area contributed by atoms with E-state index in [4.69, 9.17) is 12.2 Å². The van der Waals surface area contributed by atoms with E-state index in [0.717, 1.165) is 0 Å². The number of aromatic amines is 1. The maximum atomic E-state index is 10.6. The SMILES string of the molecule is CCn1c(Cn2nc([N+](=O)[O-])cc2C)n[nH]c1=S. The standard InChI is InChI=1S/C9H12N6O2S/c1-3-13-8(10-11-9(13)18)5-14-6(2)4-7(12-14)15(16)17/h4H,3,5H2,1-2H3,(H,11,18). The van der Waals surface area contributed by atoms with Gasteiger partial charge in [-0.25, -0.2) is 0 Å². The Labute approximate surface area is 107 Å². The topological polar surface area (TPSA) is 94.6 Å². The van der Waals surface area contributed by atoms with Crippen molar-refractivity contribution in [3.05, 3.63) is 32.5 Å². The number of hydrogen-bond donors (Lipinski definition) is 1. The van der Waals surface area contributed by atoms with Crippen molar-refractivity contribution in [1.82, 2.24) is 24.5 Å². The summed E-state index contributed by atoms with van der Waals surface area (Å²) in [4.78, 5) is 10.1. The fraction of sp³-hybridized carbons (Fsp3) is 0.444. The quantitative estimate of drug-likeness (QED) is 0.514. The molecule has 0 atom stereocenters.